The molecular formula is C20H16FNO4. The molecule has 6 heteroatoms. The first kappa shape index (κ1) is 17.4. The lowest BCUT2D eigenvalue weighted by atomic mass is 10.1. The summed E-state index contributed by atoms with van der Waals surface area (Å²) in [4.78, 5) is 25.1. The number of hydrogen-bond donors (Lipinski definition) is 1. The van der Waals surface area contributed by atoms with Crippen LogP contribution < -0.4 is 5.56 Å². The molecule has 1 N–H and O–H groups in total. The van der Waals surface area contributed by atoms with E-state index in [0.717, 1.165) is 0 Å². The third-order valence-electron chi connectivity index (χ3n) is 3.94. The maximum atomic E-state index is 13.1. The van der Waals surface area contributed by atoms with Gasteiger partial charge in [0, 0.05) is 5.39 Å². The molecule has 0 amide bonds. The van der Waals surface area contributed by atoms with Gasteiger partial charge in [0.2, 0.25) is 0 Å². The Kier molecular flexibility index (Phi) is 4.84. The molecule has 0 saturated carbocycles. The Labute approximate surface area is 148 Å². The zero-order valence-electron chi connectivity index (χ0n) is 13.8. The SMILES string of the molecule is C=CCOC(=O)c1c(O)c2ccccc2n(Cc2ccc(F)cc2)c1=O. The van der Waals surface area contributed by atoms with Crippen LogP contribution in [0.1, 0.15) is 15.9 Å². The highest BCUT2D eigenvalue weighted by molar-refractivity contribution is 5.99. The third kappa shape index (κ3) is 3.21. The van der Waals surface area contributed by atoms with E-state index in [9.17, 15) is 19.1 Å². The number of aromatic nitrogens is 1. The third-order valence-corrected chi connectivity index (χ3v) is 3.94. The van der Waals surface area contributed by atoms with Gasteiger partial charge >= 0.3 is 5.97 Å². The predicted molar refractivity (Wildman–Crippen MR) is 95.9 cm³/mol. The highest BCUT2D eigenvalue weighted by Crippen LogP contribution is 2.27. The summed E-state index contributed by atoms with van der Waals surface area (Å²) in [5.41, 5.74) is 0.0154. The quantitative estimate of drug-likeness (QED) is 0.565. The summed E-state index contributed by atoms with van der Waals surface area (Å²) in [5.74, 6) is -1.73. The molecule has 0 bridgehead atoms. The lowest BCUT2D eigenvalue weighted by Crippen LogP contribution is -2.28. The molecule has 0 aliphatic rings. The van der Waals surface area contributed by atoms with Crippen LogP contribution in [-0.2, 0) is 11.3 Å². The molecule has 0 radical (unpaired) electrons. The van der Waals surface area contributed by atoms with Crippen LogP contribution in [0.25, 0.3) is 10.9 Å². The number of carbonyl (C=O) groups is 1. The molecule has 0 aliphatic heterocycles. The van der Waals surface area contributed by atoms with Gasteiger partial charge in [0.1, 0.15) is 18.2 Å². The number of carbonyl (C=O) groups excluding carboxylic acids is 1. The molecule has 0 spiro atoms. The van der Waals surface area contributed by atoms with Crippen LogP contribution in [0.2, 0.25) is 0 Å². The van der Waals surface area contributed by atoms with Crippen LogP contribution in [0.4, 0.5) is 4.39 Å². The first-order valence-corrected chi connectivity index (χ1v) is 7.90. The average Bonchev–Trinajstić information content (AvgIpc) is 2.65. The van der Waals surface area contributed by atoms with Gasteiger partial charge in [-0.1, -0.05) is 36.9 Å². The number of rotatable bonds is 5. The minimum absolute atomic E-state index is 0.0809. The van der Waals surface area contributed by atoms with Crippen molar-refractivity contribution < 1.29 is 19.0 Å². The Bertz CT molecular complexity index is 1040. The van der Waals surface area contributed by atoms with Gasteiger partial charge < -0.3 is 14.4 Å². The highest BCUT2D eigenvalue weighted by atomic mass is 19.1. The van der Waals surface area contributed by atoms with Crippen molar-refractivity contribution in [2.75, 3.05) is 6.61 Å². The van der Waals surface area contributed by atoms with Crippen LogP contribution in [0.5, 0.6) is 5.75 Å². The number of hydrogen-bond acceptors (Lipinski definition) is 4. The average molecular weight is 353 g/mol. The summed E-state index contributed by atoms with van der Waals surface area (Å²) < 4.78 is 19.4. The number of para-hydroxylation sites is 1. The van der Waals surface area contributed by atoms with Crippen molar-refractivity contribution in [1.29, 1.82) is 0 Å². The van der Waals surface area contributed by atoms with Gasteiger partial charge in [-0.25, -0.2) is 9.18 Å². The lowest BCUT2D eigenvalue weighted by Gasteiger charge is -2.14. The second kappa shape index (κ2) is 7.23. The van der Waals surface area contributed by atoms with E-state index in [1.54, 1.807) is 36.4 Å². The van der Waals surface area contributed by atoms with Gasteiger partial charge in [-0.05, 0) is 29.8 Å². The van der Waals surface area contributed by atoms with Crippen molar-refractivity contribution in [2.45, 2.75) is 6.54 Å². The molecule has 132 valence electrons. The second-order valence-corrected chi connectivity index (χ2v) is 5.65. The molecule has 2 aromatic carbocycles. The molecule has 0 atom stereocenters. The van der Waals surface area contributed by atoms with Gasteiger partial charge in [0.15, 0.2) is 5.56 Å². The van der Waals surface area contributed by atoms with Gasteiger partial charge in [0.25, 0.3) is 5.56 Å². The summed E-state index contributed by atoms with van der Waals surface area (Å²) in [6, 6.07) is 12.4. The molecule has 1 aromatic heterocycles. The van der Waals surface area contributed by atoms with Gasteiger partial charge in [-0.2, -0.15) is 0 Å². The van der Waals surface area contributed by atoms with Gasteiger partial charge in [-0.3, -0.25) is 4.79 Å². The number of esters is 1. The monoisotopic (exact) mass is 353 g/mol. The van der Waals surface area contributed by atoms with Crippen LogP contribution in [0.15, 0.2) is 66.0 Å². The topological polar surface area (TPSA) is 68.5 Å². The van der Waals surface area contributed by atoms with Gasteiger partial charge in [-0.15, -0.1) is 0 Å². The molecule has 0 unspecified atom stereocenters. The molecule has 1 heterocycles. The van der Waals surface area contributed by atoms with Crippen LogP contribution in [0.3, 0.4) is 0 Å². The molecule has 5 nitrogen and oxygen atoms in total. The van der Waals surface area contributed by atoms with E-state index in [0.29, 0.717) is 16.5 Å². The summed E-state index contributed by atoms with van der Waals surface area (Å²) in [6.45, 7) is 3.48. The van der Waals surface area contributed by atoms with E-state index in [2.05, 4.69) is 6.58 Å². The maximum Gasteiger partial charge on any atom is 0.347 e. The smallest absolute Gasteiger partial charge is 0.347 e. The van der Waals surface area contributed by atoms with Crippen molar-refractivity contribution in [2.24, 2.45) is 0 Å². The fourth-order valence-corrected chi connectivity index (χ4v) is 2.71. The first-order chi connectivity index (χ1) is 12.5. The van der Waals surface area contributed by atoms with Crippen molar-refractivity contribution >= 4 is 16.9 Å². The van der Waals surface area contributed by atoms with E-state index in [1.807, 2.05) is 0 Å². The minimum Gasteiger partial charge on any atom is -0.506 e. The summed E-state index contributed by atoms with van der Waals surface area (Å²) in [7, 11) is 0. The Hall–Kier alpha value is -3.41. The molecular weight excluding hydrogens is 337 g/mol. The Morgan fingerprint density at radius 1 is 1.19 bits per heavy atom. The fourth-order valence-electron chi connectivity index (χ4n) is 2.71. The lowest BCUT2D eigenvalue weighted by molar-refractivity contribution is 0.0544. The van der Waals surface area contributed by atoms with E-state index >= 15 is 0 Å². The minimum atomic E-state index is -0.925. The Morgan fingerprint density at radius 3 is 2.58 bits per heavy atom. The van der Waals surface area contributed by atoms with E-state index in [4.69, 9.17) is 4.74 Å². The normalized spacial score (nSPS) is 10.7. The number of benzene rings is 2. The molecule has 0 aliphatic carbocycles. The number of ether oxygens (including phenoxy) is 1. The second-order valence-electron chi connectivity index (χ2n) is 5.65. The van der Waals surface area contributed by atoms with Crippen molar-refractivity contribution in [3.05, 3.63) is 88.5 Å². The standard InChI is InChI=1S/C20H16FNO4/c1-2-11-26-20(25)17-18(23)15-5-3-4-6-16(15)22(19(17)24)12-13-7-9-14(21)10-8-13/h2-10,23H,1,11-12H2. The summed E-state index contributed by atoms with van der Waals surface area (Å²) in [6.07, 6.45) is 1.37. The molecule has 26 heavy (non-hydrogen) atoms. The van der Waals surface area contributed by atoms with Crippen LogP contribution in [0, 0.1) is 5.82 Å². The van der Waals surface area contributed by atoms with E-state index in [1.165, 1.54) is 22.8 Å². The van der Waals surface area contributed by atoms with Crippen LogP contribution in [-0.4, -0.2) is 22.2 Å². The number of nitrogens with zero attached hydrogens (tertiary/aromatic N) is 1. The maximum absolute atomic E-state index is 13.1. The number of pyridine rings is 1. The largest absolute Gasteiger partial charge is 0.506 e. The molecule has 3 aromatic rings. The zero-order valence-corrected chi connectivity index (χ0v) is 13.8. The fraction of sp³-hybridized carbons (Fsp3) is 0.100. The van der Waals surface area contributed by atoms with Crippen molar-refractivity contribution in [3.8, 4) is 5.75 Å². The Balaban J connectivity index is 2.20. The Morgan fingerprint density at radius 2 is 1.88 bits per heavy atom. The summed E-state index contributed by atoms with van der Waals surface area (Å²) in [5, 5.41) is 10.8. The number of halogens is 1. The molecule has 0 fully saturated rings. The zero-order chi connectivity index (χ0) is 18.7. The number of aromatic hydroxyl groups is 1. The summed E-state index contributed by atoms with van der Waals surface area (Å²) >= 11 is 0. The predicted octanol–water partition coefficient (Wildman–Crippen LogP) is 3.24. The molecule has 3 rings (SSSR count). The van der Waals surface area contributed by atoms with Crippen LogP contribution >= 0.6 is 0 Å². The first-order valence-electron chi connectivity index (χ1n) is 7.90. The van der Waals surface area contributed by atoms with Crippen molar-refractivity contribution in [1.82, 2.24) is 4.57 Å². The van der Waals surface area contributed by atoms with E-state index in [-0.39, 0.29) is 19.0 Å². The molecule has 0 saturated heterocycles. The number of fused-ring (bicyclic) bond motifs is 1. The van der Waals surface area contributed by atoms with Gasteiger partial charge in [0.05, 0.1) is 12.1 Å². The van der Waals surface area contributed by atoms with Crippen molar-refractivity contribution in [3.63, 3.8) is 0 Å². The van der Waals surface area contributed by atoms with E-state index < -0.39 is 22.8 Å². The highest BCUT2D eigenvalue weighted by Gasteiger charge is 2.23.